The molecular weight excluding hydrogens is 600 g/mol. The molecule has 48 heavy (non-hydrogen) atoms. The van der Waals surface area contributed by atoms with E-state index in [2.05, 4.69) is 64.8 Å². The lowest BCUT2D eigenvalue weighted by Gasteiger charge is -2.37. The van der Waals surface area contributed by atoms with Gasteiger partial charge in [0, 0.05) is 42.0 Å². The summed E-state index contributed by atoms with van der Waals surface area (Å²) < 4.78 is 11.1. The van der Waals surface area contributed by atoms with Gasteiger partial charge in [0.15, 0.2) is 23.0 Å². The smallest absolute Gasteiger partial charge is 0.161 e. The number of hydrogen-bond acceptors (Lipinski definition) is 8. The molecule has 8 nitrogen and oxygen atoms in total. The summed E-state index contributed by atoms with van der Waals surface area (Å²) in [6, 6.07) is 13.1. The maximum absolute atomic E-state index is 10.8. The second-order valence-corrected chi connectivity index (χ2v) is 14.2. The van der Waals surface area contributed by atoms with Gasteiger partial charge in [-0.15, -0.1) is 0 Å². The van der Waals surface area contributed by atoms with Gasteiger partial charge in [-0.3, -0.25) is 14.8 Å². The van der Waals surface area contributed by atoms with Crippen LogP contribution in [0.4, 0.5) is 0 Å². The van der Waals surface area contributed by atoms with Crippen LogP contribution < -0.4 is 14.8 Å². The molecule has 0 radical (unpaired) electrons. The summed E-state index contributed by atoms with van der Waals surface area (Å²) in [5.74, 6) is 2.49. The van der Waals surface area contributed by atoms with Crippen molar-refractivity contribution in [3.05, 3.63) is 88.8 Å². The highest BCUT2D eigenvalue weighted by Gasteiger charge is 2.28. The Kier molecular flexibility index (Phi) is 9.64. The van der Waals surface area contributed by atoms with Crippen LogP contribution in [-0.4, -0.2) is 71.9 Å². The predicted molar refractivity (Wildman–Crippen MR) is 190 cm³/mol. The van der Waals surface area contributed by atoms with Gasteiger partial charge < -0.3 is 25.0 Å². The fraction of sp³-hybridized carbons (Fsp3) is 0.475. The van der Waals surface area contributed by atoms with Gasteiger partial charge in [0.05, 0.1) is 26.0 Å². The van der Waals surface area contributed by atoms with Crippen LogP contribution in [0.25, 0.3) is 11.3 Å². The standard InChI is InChI=1S/C40H50N4O4/c1-43(24-26-10-14-41-35(18-26)30-20-33(28-6-4-7-28)39(45)37(22-30)47-2)32-12-16-44(17-13-32)25-27-11-15-42-36(19-27)31-21-34(29-8-5-9-29)40(46)38(23-31)48-3/h10-11,14-15,18-23,28-29,32,36,42,45-46H,4-9,12-13,16-17,24-25H2,1-3H3. The van der Waals surface area contributed by atoms with Crippen LogP contribution in [0.5, 0.6) is 23.0 Å². The fourth-order valence-electron chi connectivity index (χ4n) is 7.78. The van der Waals surface area contributed by atoms with E-state index in [1.54, 1.807) is 14.2 Å². The van der Waals surface area contributed by atoms with E-state index in [1.807, 2.05) is 18.3 Å². The van der Waals surface area contributed by atoms with Gasteiger partial charge in [-0.2, -0.15) is 0 Å². The SMILES string of the molecule is COc1cc(-c2cc(CN(C)C3CCN(CC4=CC(c5cc(OC)c(O)c(C6CCC6)c5)NC=C4)CC3)ccn2)cc(C2CCC2)c1O. The van der Waals surface area contributed by atoms with Crippen molar-refractivity contribution in [2.45, 2.75) is 81.8 Å². The number of aromatic nitrogens is 1. The first-order chi connectivity index (χ1) is 23.4. The van der Waals surface area contributed by atoms with Crippen molar-refractivity contribution in [3.63, 3.8) is 0 Å². The first-order valence-corrected chi connectivity index (χ1v) is 17.7. The van der Waals surface area contributed by atoms with E-state index in [0.29, 0.717) is 35.1 Å². The minimum atomic E-state index is 0.0553. The molecule has 4 aliphatic rings. The number of piperidine rings is 1. The number of hydrogen-bond donors (Lipinski definition) is 3. The molecule has 1 atom stereocenters. The number of nitrogens with zero attached hydrogens (tertiary/aromatic N) is 3. The van der Waals surface area contributed by atoms with Crippen molar-refractivity contribution >= 4 is 0 Å². The van der Waals surface area contributed by atoms with Gasteiger partial charge in [-0.25, -0.2) is 0 Å². The lowest BCUT2D eigenvalue weighted by atomic mass is 9.78. The first-order valence-electron chi connectivity index (χ1n) is 17.7. The molecule has 254 valence electrons. The highest BCUT2D eigenvalue weighted by atomic mass is 16.5. The maximum atomic E-state index is 10.8. The van der Waals surface area contributed by atoms with Crippen molar-refractivity contribution in [3.8, 4) is 34.3 Å². The number of rotatable bonds is 11. The zero-order valence-corrected chi connectivity index (χ0v) is 28.6. The predicted octanol–water partition coefficient (Wildman–Crippen LogP) is 7.39. The minimum absolute atomic E-state index is 0.0553. The molecule has 7 rings (SSSR count). The first kappa shape index (κ1) is 32.5. The van der Waals surface area contributed by atoms with Crippen LogP contribution in [-0.2, 0) is 6.54 Å². The monoisotopic (exact) mass is 650 g/mol. The Balaban J connectivity index is 0.961. The average molecular weight is 651 g/mol. The number of aromatic hydroxyl groups is 2. The number of methoxy groups -OCH3 is 2. The van der Waals surface area contributed by atoms with Gasteiger partial charge in [-0.05, 0) is 136 Å². The van der Waals surface area contributed by atoms with E-state index < -0.39 is 0 Å². The summed E-state index contributed by atoms with van der Waals surface area (Å²) in [6.07, 6.45) is 17.7. The lowest BCUT2D eigenvalue weighted by Crippen LogP contribution is -2.43. The largest absolute Gasteiger partial charge is 0.504 e. The van der Waals surface area contributed by atoms with Crippen LogP contribution in [0.1, 0.15) is 91.5 Å². The molecule has 0 amide bonds. The Hall–Kier alpha value is -4.01. The molecule has 1 saturated heterocycles. The molecule has 0 bridgehead atoms. The summed E-state index contributed by atoms with van der Waals surface area (Å²) in [5, 5.41) is 25.1. The Morgan fingerprint density at radius 2 is 1.54 bits per heavy atom. The molecule has 2 saturated carbocycles. The summed E-state index contributed by atoms with van der Waals surface area (Å²) in [5.41, 5.74) is 7.61. The second-order valence-electron chi connectivity index (χ2n) is 14.2. The van der Waals surface area contributed by atoms with E-state index >= 15 is 0 Å². The number of dihydropyridines is 1. The van der Waals surface area contributed by atoms with Crippen LogP contribution in [0.15, 0.2) is 66.5 Å². The summed E-state index contributed by atoms with van der Waals surface area (Å²) in [7, 11) is 5.49. The summed E-state index contributed by atoms with van der Waals surface area (Å²) in [4.78, 5) is 9.77. The zero-order chi connectivity index (χ0) is 33.2. The third-order valence-corrected chi connectivity index (χ3v) is 11.2. The molecule has 3 aromatic rings. The molecule has 3 heterocycles. The Bertz CT molecular complexity index is 1670. The fourth-order valence-corrected chi connectivity index (χ4v) is 7.78. The van der Waals surface area contributed by atoms with Crippen LogP contribution in [0.3, 0.4) is 0 Å². The van der Waals surface area contributed by atoms with Crippen molar-refractivity contribution in [1.82, 2.24) is 20.1 Å². The van der Waals surface area contributed by atoms with Crippen LogP contribution >= 0.6 is 0 Å². The Morgan fingerprint density at radius 3 is 2.19 bits per heavy atom. The zero-order valence-electron chi connectivity index (χ0n) is 28.6. The Morgan fingerprint density at radius 1 is 0.875 bits per heavy atom. The number of phenols is 2. The molecular formula is C40H50N4O4. The van der Waals surface area contributed by atoms with Crippen molar-refractivity contribution < 1.29 is 19.7 Å². The maximum Gasteiger partial charge on any atom is 0.161 e. The van der Waals surface area contributed by atoms with E-state index in [0.717, 1.165) is 92.7 Å². The topological polar surface area (TPSA) is 90.3 Å². The number of nitrogens with one attached hydrogen (secondary N) is 1. The van der Waals surface area contributed by atoms with E-state index in [-0.39, 0.29) is 11.8 Å². The van der Waals surface area contributed by atoms with Crippen molar-refractivity contribution in [1.29, 1.82) is 0 Å². The normalized spacial score (nSPS) is 20.6. The lowest BCUT2D eigenvalue weighted by molar-refractivity contribution is 0.129. The summed E-state index contributed by atoms with van der Waals surface area (Å²) in [6.45, 7) is 3.93. The molecule has 3 N–H and O–H groups in total. The van der Waals surface area contributed by atoms with Gasteiger partial charge in [0.2, 0.25) is 0 Å². The number of likely N-dealkylation sites (tertiary alicyclic amines) is 1. The van der Waals surface area contributed by atoms with E-state index in [1.165, 1.54) is 24.0 Å². The number of pyridine rings is 1. The minimum Gasteiger partial charge on any atom is -0.504 e. The second kappa shape index (κ2) is 14.2. The van der Waals surface area contributed by atoms with E-state index in [9.17, 15) is 10.2 Å². The van der Waals surface area contributed by atoms with Crippen LogP contribution in [0, 0.1) is 0 Å². The van der Waals surface area contributed by atoms with Gasteiger partial charge in [0.1, 0.15) is 0 Å². The molecule has 3 fully saturated rings. The number of benzene rings is 2. The average Bonchev–Trinajstić information content (AvgIpc) is 3.05. The molecule has 2 aliphatic carbocycles. The van der Waals surface area contributed by atoms with Crippen LogP contribution in [0.2, 0.25) is 0 Å². The molecule has 8 heteroatoms. The Labute approximate surface area is 285 Å². The molecule has 1 aromatic heterocycles. The quantitative estimate of drug-likeness (QED) is 0.198. The molecule has 1 unspecified atom stereocenters. The molecule has 2 aromatic carbocycles. The third-order valence-electron chi connectivity index (χ3n) is 11.2. The van der Waals surface area contributed by atoms with Crippen molar-refractivity contribution in [2.24, 2.45) is 0 Å². The number of ether oxygens (including phenoxy) is 2. The van der Waals surface area contributed by atoms with E-state index in [4.69, 9.17) is 14.5 Å². The van der Waals surface area contributed by atoms with Gasteiger partial charge >= 0.3 is 0 Å². The highest BCUT2D eigenvalue weighted by Crippen LogP contribution is 2.47. The highest BCUT2D eigenvalue weighted by molar-refractivity contribution is 5.67. The van der Waals surface area contributed by atoms with Gasteiger partial charge in [-0.1, -0.05) is 18.9 Å². The molecule has 2 aliphatic heterocycles. The molecule has 0 spiro atoms. The van der Waals surface area contributed by atoms with Gasteiger partial charge in [0.25, 0.3) is 0 Å². The van der Waals surface area contributed by atoms with Crippen molar-refractivity contribution in [2.75, 3.05) is 40.9 Å². The summed E-state index contributed by atoms with van der Waals surface area (Å²) >= 11 is 0. The third kappa shape index (κ3) is 6.78. The number of phenolic OH excluding ortho intramolecular Hbond substituents is 2.